The van der Waals surface area contributed by atoms with Crippen LogP contribution in [0.25, 0.3) is 10.2 Å². The van der Waals surface area contributed by atoms with Crippen LogP contribution in [-0.2, 0) is 10.0 Å². The average molecular weight is 453 g/mol. The predicted molar refractivity (Wildman–Crippen MR) is 123 cm³/mol. The van der Waals surface area contributed by atoms with Crippen molar-refractivity contribution >= 4 is 60.1 Å². The summed E-state index contributed by atoms with van der Waals surface area (Å²) >= 11 is 3.11. The standard InChI is InChI=1S/C18H24N6O2S3/c1-4-29(25,26)24-13-5-6-15-16(7-13)28-18(23-15)22-9-12(2)8-19-17-20-10-14(27-3)11-21-17/h5-7,10-12,24H,4,8-9H2,1-3H3,(H,22,23)(H,19,20,21). The van der Waals surface area contributed by atoms with Gasteiger partial charge in [-0.25, -0.2) is 23.4 Å². The molecule has 0 aliphatic carbocycles. The third-order valence-corrected chi connectivity index (χ3v) is 7.08. The molecule has 2 heterocycles. The fourth-order valence-electron chi connectivity index (χ4n) is 2.43. The molecule has 29 heavy (non-hydrogen) atoms. The van der Waals surface area contributed by atoms with E-state index in [0.717, 1.165) is 33.3 Å². The number of anilines is 3. The van der Waals surface area contributed by atoms with Crippen LogP contribution in [0.2, 0.25) is 0 Å². The smallest absolute Gasteiger partial charge is 0.232 e. The Morgan fingerprint density at radius 1 is 1.17 bits per heavy atom. The number of fused-ring (bicyclic) bond motifs is 1. The summed E-state index contributed by atoms with van der Waals surface area (Å²) in [6, 6.07) is 5.37. The Morgan fingerprint density at radius 2 is 1.90 bits per heavy atom. The third kappa shape index (κ3) is 6.18. The maximum Gasteiger partial charge on any atom is 0.232 e. The molecule has 0 saturated heterocycles. The largest absolute Gasteiger partial charge is 0.361 e. The summed E-state index contributed by atoms with van der Waals surface area (Å²) in [6.45, 7) is 5.21. The lowest BCUT2D eigenvalue weighted by atomic mass is 10.2. The zero-order valence-corrected chi connectivity index (χ0v) is 18.9. The highest BCUT2D eigenvalue weighted by Crippen LogP contribution is 2.29. The van der Waals surface area contributed by atoms with Crippen molar-refractivity contribution in [2.75, 3.05) is 40.5 Å². The highest BCUT2D eigenvalue weighted by atomic mass is 32.2. The molecular formula is C18H24N6O2S3. The van der Waals surface area contributed by atoms with Gasteiger partial charge in [0.1, 0.15) is 0 Å². The van der Waals surface area contributed by atoms with Crippen molar-refractivity contribution in [3.05, 3.63) is 30.6 Å². The van der Waals surface area contributed by atoms with E-state index in [9.17, 15) is 8.42 Å². The molecule has 3 N–H and O–H groups in total. The van der Waals surface area contributed by atoms with E-state index in [0.29, 0.717) is 17.6 Å². The van der Waals surface area contributed by atoms with Crippen LogP contribution in [0.3, 0.4) is 0 Å². The van der Waals surface area contributed by atoms with E-state index < -0.39 is 10.0 Å². The number of aromatic nitrogens is 3. The van der Waals surface area contributed by atoms with E-state index in [1.54, 1.807) is 37.1 Å². The molecule has 156 valence electrons. The minimum Gasteiger partial charge on any atom is -0.361 e. The van der Waals surface area contributed by atoms with Gasteiger partial charge in [-0.05, 0) is 37.3 Å². The number of rotatable bonds is 10. The first kappa shape index (κ1) is 21.6. The van der Waals surface area contributed by atoms with Crippen LogP contribution in [0, 0.1) is 5.92 Å². The van der Waals surface area contributed by atoms with Crippen LogP contribution < -0.4 is 15.4 Å². The molecule has 0 saturated carbocycles. The second-order valence-electron chi connectivity index (χ2n) is 6.52. The summed E-state index contributed by atoms with van der Waals surface area (Å²) < 4.78 is 27.0. The average Bonchev–Trinajstić information content (AvgIpc) is 3.13. The number of nitrogens with one attached hydrogen (secondary N) is 3. The van der Waals surface area contributed by atoms with Crippen molar-refractivity contribution in [2.45, 2.75) is 18.7 Å². The Bertz CT molecular complexity index is 1050. The molecule has 2 aromatic heterocycles. The lowest BCUT2D eigenvalue weighted by molar-refractivity contribution is 0.602. The Kier molecular flexibility index (Phi) is 7.14. The SMILES string of the molecule is CCS(=O)(=O)Nc1ccc2nc(NCC(C)CNc3ncc(SC)cn3)sc2c1. The maximum atomic E-state index is 11.7. The minimum absolute atomic E-state index is 0.0409. The molecule has 0 spiro atoms. The predicted octanol–water partition coefficient (Wildman–Crippen LogP) is 3.73. The third-order valence-electron chi connectivity index (χ3n) is 4.12. The molecule has 8 nitrogen and oxygen atoms in total. The van der Waals surface area contributed by atoms with Crippen molar-refractivity contribution in [3.8, 4) is 0 Å². The van der Waals surface area contributed by atoms with E-state index in [-0.39, 0.29) is 5.75 Å². The Morgan fingerprint density at radius 3 is 2.59 bits per heavy atom. The van der Waals surface area contributed by atoms with Gasteiger partial charge in [-0.15, -0.1) is 11.8 Å². The van der Waals surface area contributed by atoms with Gasteiger partial charge in [0.25, 0.3) is 0 Å². The molecular weight excluding hydrogens is 428 g/mol. The summed E-state index contributed by atoms with van der Waals surface area (Å²) in [6.07, 6.45) is 5.60. The summed E-state index contributed by atoms with van der Waals surface area (Å²) in [5.74, 6) is 0.994. The van der Waals surface area contributed by atoms with Gasteiger partial charge >= 0.3 is 0 Å². The second kappa shape index (κ2) is 9.59. The molecule has 1 atom stereocenters. The molecule has 1 unspecified atom stereocenters. The second-order valence-corrected chi connectivity index (χ2v) is 10.4. The van der Waals surface area contributed by atoms with Gasteiger partial charge in [-0.1, -0.05) is 18.3 Å². The first-order valence-corrected chi connectivity index (χ1v) is 12.8. The molecule has 0 amide bonds. The van der Waals surface area contributed by atoms with Crippen molar-refractivity contribution in [1.82, 2.24) is 15.0 Å². The number of thioether (sulfide) groups is 1. The first-order valence-electron chi connectivity index (χ1n) is 9.13. The van der Waals surface area contributed by atoms with Crippen molar-refractivity contribution in [2.24, 2.45) is 5.92 Å². The molecule has 0 aliphatic rings. The van der Waals surface area contributed by atoms with E-state index >= 15 is 0 Å². The van der Waals surface area contributed by atoms with E-state index in [1.807, 2.05) is 18.4 Å². The number of hydrogen-bond donors (Lipinski definition) is 3. The van der Waals surface area contributed by atoms with Gasteiger partial charge in [0, 0.05) is 30.4 Å². The number of thiazole rings is 1. The van der Waals surface area contributed by atoms with Gasteiger partial charge < -0.3 is 10.6 Å². The van der Waals surface area contributed by atoms with Gasteiger partial charge in [0.05, 0.1) is 21.7 Å². The Labute approximate surface area is 179 Å². The molecule has 0 radical (unpaired) electrons. The summed E-state index contributed by atoms with van der Waals surface area (Å²) in [5.41, 5.74) is 1.39. The quantitative estimate of drug-likeness (QED) is 0.399. The fraction of sp³-hybridized carbons (Fsp3) is 0.389. The van der Waals surface area contributed by atoms with Crippen LogP contribution in [0.1, 0.15) is 13.8 Å². The minimum atomic E-state index is -3.29. The highest BCUT2D eigenvalue weighted by Gasteiger charge is 2.10. The van der Waals surface area contributed by atoms with Crippen LogP contribution in [-0.4, -0.2) is 48.5 Å². The summed E-state index contributed by atoms with van der Waals surface area (Å²) in [7, 11) is -3.29. The first-order chi connectivity index (χ1) is 13.9. The van der Waals surface area contributed by atoms with Gasteiger partial charge in [-0.3, -0.25) is 4.72 Å². The van der Waals surface area contributed by atoms with Gasteiger partial charge in [0.15, 0.2) is 5.13 Å². The van der Waals surface area contributed by atoms with Crippen LogP contribution in [0.5, 0.6) is 0 Å². The molecule has 0 aliphatic heterocycles. The number of nitrogens with zero attached hydrogens (tertiary/aromatic N) is 3. The Balaban J connectivity index is 1.54. The molecule has 0 bridgehead atoms. The number of benzene rings is 1. The zero-order chi connectivity index (χ0) is 20.9. The van der Waals surface area contributed by atoms with Crippen LogP contribution >= 0.6 is 23.1 Å². The van der Waals surface area contributed by atoms with Crippen molar-refractivity contribution in [3.63, 3.8) is 0 Å². The lowest BCUT2D eigenvalue weighted by Crippen LogP contribution is -2.20. The molecule has 3 rings (SSSR count). The monoisotopic (exact) mass is 452 g/mol. The molecule has 11 heteroatoms. The maximum absolute atomic E-state index is 11.7. The lowest BCUT2D eigenvalue weighted by Gasteiger charge is -2.13. The number of hydrogen-bond acceptors (Lipinski definition) is 9. The van der Waals surface area contributed by atoms with E-state index in [1.165, 1.54) is 11.3 Å². The van der Waals surface area contributed by atoms with Crippen LogP contribution in [0.15, 0.2) is 35.5 Å². The topological polar surface area (TPSA) is 109 Å². The van der Waals surface area contributed by atoms with E-state index in [2.05, 4.69) is 37.2 Å². The van der Waals surface area contributed by atoms with Gasteiger partial charge in [0.2, 0.25) is 16.0 Å². The molecule has 3 aromatic rings. The fourth-order valence-corrected chi connectivity index (χ4v) is 4.29. The molecule has 0 fully saturated rings. The highest BCUT2D eigenvalue weighted by molar-refractivity contribution is 7.98. The van der Waals surface area contributed by atoms with Crippen molar-refractivity contribution < 1.29 is 8.42 Å². The van der Waals surface area contributed by atoms with E-state index in [4.69, 9.17) is 0 Å². The molecule has 1 aromatic carbocycles. The normalized spacial score (nSPS) is 12.7. The Hall–Kier alpha value is -2.11. The summed E-state index contributed by atoms with van der Waals surface area (Å²) in [4.78, 5) is 14.2. The van der Waals surface area contributed by atoms with Crippen LogP contribution in [0.4, 0.5) is 16.8 Å². The van der Waals surface area contributed by atoms with Crippen molar-refractivity contribution in [1.29, 1.82) is 0 Å². The summed E-state index contributed by atoms with van der Waals surface area (Å²) in [5, 5.41) is 7.40. The zero-order valence-electron chi connectivity index (χ0n) is 16.5. The number of sulfonamides is 1. The van der Waals surface area contributed by atoms with Gasteiger partial charge in [-0.2, -0.15) is 0 Å².